The first kappa shape index (κ1) is 25.2. The summed E-state index contributed by atoms with van der Waals surface area (Å²) >= 11 is 0. The number of nitrogens with zero attached hydrogens (tertiary/aromatic N) is 4. The number of benzene rings is 1. The van der Waals surface area contributed by atoms with Gasteiger partial charge in [-0.05, 0) is 24.3 Å². The van der Waals surface area contributed by atoms with Gasteiger partial charge >= 0.3 is 0 Å². The van der Waals surface area contributed by atoms with Gasteiger partial charge in [0.15, 0.2) is 0 Å². The van der Waals surface area contributed by atoms with Crippen LogP contribution in [0, 0.1) is 11.8 Å². The molecule has 0 aromatic heterocycles. The van der Waals surface area contributed by atoms with Gasteiger partial charge in [0.1, 0.15) is 0 Å². The number of amides is 3. The fourth-order valence-corrected chi connectivity index (χ4v) is 5.86. The molecule has 2 aliphatic rings. The zero-order valence-corrected chi connectivity index (χ0v) is 20.7. The fraction of sp³-hybridized carbons (Fsp3) is 0.609. The van der Waals surface area contributed by atoms with Crippen molar-refractivity contribution >= 4 is 33.4 Å². The van der Waals surface area contributed by atoms with Gasteiger partial charge in [0, 0.05) is 63.8 Å². The number of anilines is 1. The molecule has 3 rings (SSSR count). The Kier molecular flexibility index (Phi) is 7.79. The SMILES string of the molecule is CCN(CC)S(=O)(=O)c1ccc(N2C[C@@H](C(=O)N3CCN(C(=O)C(C)C)CC3)CC2=O)cc1. The van der Waals surface area contributed by atoms with Gasteiger partial charge in [0.2, 0.25) is 27.7 Å². The van der Waals surface area contributed by atoms with E-state index in [1.165, 1.54) is 16.4 Å². The third kappa shape index (κ3) is 5.22. The van der Waals surface area contributed by atoms with Gasteiger partial charge in [0.05, 0.1) is 10.8 Å². The van der Waals surface area contributed by atoms with E-state index in [-0.39, 0.29) is 41.5 Å². The maximum absolute atomic E-state index is 13.0. The molecule has 1 atom stereocenters. The number of sulfonamides is 1. The summed E-state index contributed by atoms with van der Waals surface area (Å²) in [5, 5.41) is 0. The van der Waals surface area contributed by atoms with E-state index in [0.717, 1.165) is 0 Å². The van der Waals surface area contributed by atoms with Gasteiger partial charge < -0.3 is 14.7 Å². The molecule has 0 aliphatic carbocycles. The molecule has 2 saturated heterocycles. The Morgan fingerprint density at radius 1 is 1.00 bits per heavy atom. The van der Waals surface area contributed by atoms with Crippen LogP contribution in [0.3, 0.4) is 0 Å². The van der Waals surface area contributed by atoms with Gasteiger partial charge in [-0.3, -0.25) is 14.4 Å². The van der Waals surface area contributed by atoms with Gasteiger partial charge in [-0.1, -0.05) is 27.7 Å². The van der Waals surface area contributed by atoms with E-state index < -0.39 is 15.9 Å². The highest BCUT2D eigenvalue weighted by Gasteiger charge is 2.38. The quantitative estimate of drug-likeness (QED) is 0.590. The summed E-state index contributed by atoms with van der Waals surface area (Å²) in [6, 6.07) is 6.27. The van der Waals surface area contributed by atoms with Crippen molar-refractivity contribution in [2.24, 2.45) is 11.8 Å². The van der Waals surface area contributed by atoms with Crippen molar-refractivity contribution in [1.82, 2.24) is 14.1 Å². The molecule has 2 aliphatic heterocycles. The normalized spacial score (nSPS) is 19.6. The van der Waals surface area contributed by atoms with Crippen LogP contribution >= 0.6 is 0 Å². The molecule has 1 aromatic carbocycles. The van der Waals surface area contributed by atoms with Crippen LogP contribution in [0.1, 0.15) is 34.1 Å². The predicted octanol–water partition coefficient (Wildman–Crippen LogP) is 1.40. The summed E-state index contributed by atoms with van der Waals surface area (Å²) in [6.07, 6.45) is 0.128. The molecular formula is C23H34N4O5S. The summed E-state index contributed by atoms with van der Waals surface area (Å²) in [6.45, 7) is 10.3. The molecule has 33 heavy (non-hydrogen) atoms. The molecule has 0 spiro atoms. The first-order valence-corrected chi connectivity index (χ1v) is 13.0. The van der Waals surface area contributed by atoms with Crippen molar-refractivity contribution in [3.63, 3.8) is 0 Å². The second-order valence-corrected chi connectivity index (χ2v) is 10.7. The standard InChI is InChI=1S/C23H34N4O5S/c1-5-26(6-2)33(31,32)20-9-7-19(8-10-20)27-16-18(15-21(27)28)23(30)25-13-11-24(12-14-25)22(29)17(3)4/h7-10,17-18H,5-6,11-16H2,1-4H3/t18-/m0/s1. The van der Waals surface area contributed by atoms with Gasteiger partial charge in [-0.15, -0.1) is 0 Å². The average molecular weight is 479 g/mol. The van der Waals surface area contributed by atoms with E-state index in [9.17, 15) is 22.8 Å². The van der Waals surface area contributed by atoms with Crippen LogP contribution < -0.4 is 4.90 Å². The second kappa shape index (κ2) is 10.2. The minimum Gasteiger partial charge on any atom is -0.339 e. The first-order chi connectivity index (χ1) is 15.6. The summed E-state index contributed by atoms with van der Waals surface area (Å²) in [5.41, 5.74) is 0.584. The van der Waals surface area contributed by atoms with Crippen LogP contribution in [0.2, 0.25) is 0 Å². The van der Waals surface area contributed by atoms with Crippen LogP contribution in [0.25, 0.3) is 0 Å². The Morgan fingerprint density at radius 2 is 1.55 bits per heavy atom. The molecular weight excluding hydrogens is 444 g/mol. The maximum Gasteiger partial charge on any atom is 0.243 e. The topological polar surface area (TPSA) is 98.3 Å². The predicted molar refractivity (Wildman–Crippen MR) is 125 cm³/mol. The van der Waals surface area contributed by atoms with Gasteiger partial charge in [0.25, 0.3) is 0 Å². The molecule has 0 bridgehead atoms. The molecule has 1 aromatic rings. The Balaban J connectivity index is 1.63. The fourth-order valence-electron chi connectivity index (χ4n) is 4.40. The summed E-state index contributed by atoms with van der Waals surface area (Å²) < 4.78 is 26.7. The third-order valence-corrected chi connectivity index (χ3v) is 8.43. The number of hydrogen-bond donors (Lipinski definition) is 0. The van der Waals surface area contributed by atoms with Crippen LogP contribution in [-0.4, -0.2) is 86.1 Å². The number of carbonyl (C=O) groups is 3. The number of rotatable bonds is 7. The zero-order chi connectivity index (χ0) is 24.3. The van der Waals surface area contributed by atoms with Crippen molar-refractivity contribution in [1.29, 1.82) is 0 Å². The van der Waals surface area contributed by atoms with Crippen LogP contribution in [0.5, 0.6) is 0 Å². The molecule has 3 amide bonds. The molecule has 2 heterocycles. The lowest BCUT2D eigenvalue weighted by molar-refractivity contribution is -0.143. The van der Waals surface area contributed by atoms with E-state index in [0.29, 0.717) is 45.0 Å². The summed E-state index contributed by atoms with van der Waals surface area (Å²) in [7, 11) is -3.57. The molecule has 0 N–H and O–H groups in total. The number of hydrogen-bond acceptors (Lipinski definition) is 5. The summed E-state index contributed by atoms with van der Waals surface area (Å²) in [4.78, 5) is 43.1. The van der Waals surface area contributed by atoms with Crippen molar-refractivity contribution in [2.75, 3.05) is 50.7 Å². The lowest BCUT2D eigenvalue weighted by Crippen LogP contribution is -2.53. The van der Waals surface area contributed by atoms with Gasteiger partial charge in [-0.25, -0.2) is 8.42 Å². The zero-order valence-electron chi connectivity index (χ0n) is 19.9. The van der Waals surface area contributed by atoms with Crippen LogP contribution in [-0.2, 0) is 24.4 Å². The van der Waals surface area contributed by atoms with E-state index in [1.54, 1.807) is 40.7 Å². The maximum atomic E-state index is 13.0. The molecule has 10 heteroatoms. The molecule has 9 nitrogen and oxygen atoms in total. The van der Waals surface area contributed by atoms with Crippen LogP contribution in [0.15, 0.2) is 29.2 Å². The largest absolute Gasteiger partial charge is 0.339 e. The van der Waals surface area contributed by atoms with Crippen molar-refractivity contribution in [2.45, 2.75) is 39.0 Å². The van der Waals surface area contributed by atoms with Crippen molar-refractivity contribution in [3.05, 3.63) is 24.3 Å². The lowest BCUT2D eigenvalue weighted by Gasteiger charge is -2.36. The van der Waals surface area contributed by atoms with E-state index >= 15 is 0 Å². The molecule has 2 fully saturated rings. The molecule has 0 radical (unpaired) electrons. The third-order valence-electron chi connectivity index (χ3n) is 6.36. The van der Waals surface area contributed by atoms with Gasteiger partial charge in [-0.2, -0.15) is 4.31 Å². The monoisotopic (exact) mass is 478 g/mol. The van der Waals surface area contributed by atoms with E-state index in [2.05, 4.69) is 0 Å². The minimum atomic E-state index is -3.57. The number of carbonyl (C=O) groups excluding carboxylic acids is 3. The lowest BCUT2D eigenvalue weighted by atomic mass is 10.1. The first-order valence-electron chi connectivity index (χ1n) is 11.6. The van der Waals surface area contributed by atoms with Crippen molar-refractivity contribution < 1.29 is 22.8 Å². The highest BCUT2D eigenvalue weighted by molar-refractivity contribution is 7.89. The Hall–Kier alpha value is -2.46. The molecule has 0 saturated carbocycles. The summed E-state index contributed by atoms with van der Waals surface area (Å²) in [5.74, 6) is -0.633. The highest BCUT2D eigenvalue weighted by Crippen LogP contribution is 2.28. The molecule has 182 valence electrons. The van der Waals surface area contributed by atoms with Crippen molar-refractivity contribution in [3.8, 4) is 0 Å². The van der Waals surface area contributed by atoms with E-state index in [1.807, 2.05) is 13.8 Å². The average Bonchev–Trinajstić information content (AvgIpc) is 3.20. The smallest absolute Gasteiger partial charge is 0.243 e. The minimum absolute atomic E-state index is 0.0665. The second-order valence-electron chi connectivity index (χ2n) is 8.79. The Bertz CT molecular complexity index is 981. The van der Waals surface area contributed by atoms with E-state index in [4.69, 9.17) is 0 Å². The molecule has 0 unspecified atom stereocenters. The Labute approximate surface area is 196 Å². The van der Waals surface area contributed by atoms with Crippen LogP contribution in [0.4, 0.5) is 5.69 Å². The number of piperazine rings is 1. The highest BCUT2D eigenvalue weighted by atomic mass is 32.2. The Morgan fingerprint density at radius 3 is 2.06 bits per heavy atom.